The lowest BCUT2D eigenvalue weighted by Gasteiger charge is -2.15. The molecule has 2 aromatic heterocycles. The predicted molar refractivity (Wildman–Crippen MR) is 95.0 cm³/mol. The fourth-order valence-corrected chi connectivity index (χ4v) is 2.42. The maximum absolute atomic E-state index is 12.2. The third kappa shape index (κ3) is 4.44. The highest BCUT2D eigenvalue weighted by molar-refractivity contribution is 5.80. The predicted octanol–water partition coefficient (Wildman–Crippen LogP) is 2.53. The number of pyridine rings is 1. The minimum Gasteiger partial charge on any atom is -0.481 e. The zero-order chi connectivity index (χ0) is 17.5. The summed E-state index contributed by atoms with van der Waals surface area (Å²) in [5.41, 5.74) is 0.805. The summed E-state index contributed by atoms with van der Waals surface area (Å²) in [7, 11) is 0. The maximum atomic E-state index is 12.2. The van der Waals surface area contributed by atoms with Crippen LogP contribution in [0.15, 0.2) is 67.1 Å². The van der Waals surface area contributed by atoms with Crippen LogP contribution in [-0.2, 0) is 11.3 Å². The van der Waals surface area contributed by atoms with Crippen molar-refractivity contribution < 1.29 is 9.53 Å². The second-order valence-electron chi connectivity index (χ2n) is 5.52. The van der Waals surface area contributed by atoms with E-state index in [-0.39, 0.29) is 5.91 Å². The van der Waals surface area contributed by atoms with E-state index in [2.05, 4.69) is 15.3 Å². The first-order valence-corrected chi connectivity index (χ1v) is 8.16. The third-order valence-corrected chi connectivity index (χ3v) is 3.69. The van der Waals surface area contributed by atoms with Crippen molar-refractivity contribution in [3.63, 3.8) is 0 Å². The first-order chi connectivity index (χ1) is 12.2. The molecule has 0 unspecified atom stereocenters. The number of rotatable bonds is 7. The molecule has 2 heterocycles. The van der Waals surface area contributed by atoms with Crippen molar-refractivity contribution >= 4 is 5.91 Å². The molecule has 0 saturated carbocycles. The van der Waals surface area contributed by atoms with Gasteiger partial charge in [-0.1, -0.05) is 24.3 Å². The van der Waals surface area contributed by atoms with E-state index in [4.69, 9.17) is 4.74 Å². The number of hydrogen-bond donors (Lipinski definition) is 1. The summed E-state index contributed by atoms with van der Waals surface area (Å²) >= 11 is 0. The van der Waals surface area contributed by atoms with Gasteiger partial charge in [0, 0.05) is 31.7 Å². The molecule has 6 nitrogen and oxygen atoms in total. The first kappa shape index (κ1) is 16.7. The van der Waals surface area contributed by atoms with Crippen molar-refractivity contribution in [2.45, 2.75) is 19.6 Å². The quantitative estimate of drug-likeness (QED) is 0.720. The van der Waals surface area contributed by atoms with Gasteiger partial charge < -0.3 is 14.6 Å². The van der Waals surface area contributed by atoms with Gasteiger partial charge in [-0.05, 0) is 31.2 Å². The molecule has 0 radical (unpaired) electrons. The van der Waals surface area contributed by atoms with Crippen LogP contribution < -0.4 is 10.1 Å². The van der Waals surface area contributed by atoms with Crippen LogP contribution in [0.5, 0.6) is 5.75 Å². The van der Waals surface area contributed by atoms with Crippen LogP contribution in [0, 0.1) is 0 Å². The topological polar surface area (TPSA) is 69.0 Å². The highest BCUT2D eigenvalue weighted by atomic mass is 16.5. The van der Waals surface area contributed by atoms with Gasteiger partial charge in [-0.2, -0.15) is 0 Å². The van der Waals surface area contributed by atoms with Crippen LogP contribution in [0.25, 0.3) is 11.5 Å². The number of carbonyl (C=O) groups excluding carboxylic acids is 1. The third-order valence-electron chi connectivity index (χ3n) is 3.69. The van der Waals surface area contributed by atoms with Gasteiger partial charge in [0.1, 0.15) is 11.4 Å². The molecule has 1 aromatic carbocycles. The molecule has 1 atom stereocenters. The molecule has 0 aliphatic rings. The lowest BCUT2D eigenvalue weighted by molar-refractivity contribution is -0.127. The molecule has 3 aromatic rings. The summed E-state index contributed by atoms with van der Waals surface area (Å²) in [4.78, 5) is 20.8. The van der Waals surface area contributed by atoms with Crippen LogP contribution in [0.3, 0.4) is 0 Å². The molecule has 25 heavy (non-hydrogen) atoms. The molecular weight excluding hydrogens is 316 g/mol. The number of benzene rings is 1. The highest BCUT2D eigenvalue weighted by Gasteiger charge is 2.14. The van der Waals surface area contributed by atoms with Crippen LogP contribution in [-0.4, -0.2) is 33.1 Å². The van der Waals surface area contributed by atoms with Crippen molar-refractivity contribution in [2.24, 2.45) is 0 Å². The van der Waals surface area contributed by atoms with E-state index < -0.39 is 6.10 Å². The number of imidazole rings is 1. The molecule has 0 fully saturated rings. The SMILES string of the molecule is C[C@@H](Oc1ccccc1)C(=O)NCCn1ccnc1-c1ccccn1. The highest BCUT2D eigenvalue weighted by Crippen LogP contribution is 2.13. The Bertz CT molecular complexity index is 803. The molecule has 3 rings (SSSR count). The maximum Gasteiger partial charge on any atom is 0.260 e. The van der Waals surface area contributed by atoms with E-state index in [0.29, 0.717) is 18.8 Å². The fraction of sp³-hybridized carbons (Fsp3) is 0.211. The van der Waals surface area contributed by atoms with Gasteiger partial charge in [-0.15, -0.1) is 0 Å². The molecule has 1 N–H and O–H groups in total. The Kier molecular flexibility index (Phi) is 5.41. The normalized spacial score (nSPS) is 11.7. The number of nitrogens with one attached hydrogen (secondary N) is 1. The Balaban J connectivity index is 1.52. The summed E-state index contributed by atoms with van der Waals surface area (Å²) in [6.07, 6.45) is 4.78. The minimum absolute atomic E-state index is 0.150. The first-order valence-electron chi connectivity index (χ1n) is 8.16. The van der Waals surface area contributed by atoms with E-state index in [1.807, 2.05) is 59.3 Å². The number of hydrogen-bond acceptors (Lipinski definition) is 4. The number of para-hydroxylation sites is 1. The lowest BCUT2D eigenvalue weighted by Crippen LogP contribution is -2.37. The van der Waals surface area contributed by atoms with Crippen LogP contribution in [0.4, 0.5) is 0 Å². The molecule has 0 aliphatic heterocycles. The van der Waals surface area contributed by atoms with Gasteiger partial charge in [-0.25, -0.2) is 4.98 Å². The Labute approximate surface area is 146 Å². The summed E-state index contributed by atoms with van der Waals surface area (Å²) in [5, 5.41) is 2.89. The zero-order valence-electron chi connectivity index (χ0n) is 14.0. The lowest BCUT2D eigenvalue weighted by atomic mass is 10.3. The molecule has 1 amide bonds. The van der Waals surface area contributed by atoms with Crippen molar-refractivity contribution in [3.05, 3.63) is 67.1 Å². The fourth-order valence-electron chi connectivity index (χ4n) is 2.42. The Morgan fingerprint density at radius 3 is 2.68 bits per heavy atom. The van der Waals surface area contributed by atoms with Crippen molar-refractivity contribution in [1.29, 1.82) is 0 Å². The molecule has 0 bridgehead atoms. The van der Waals surface area contributed by atoms with Crippen molar-refractivity contribution in [3.8, 4) is 17.3 Å². The van der Waals surface area contributed by atoms with Gasteiger partial charge >= 0.3 is 0 Å². The number of nitrogens with zero attached hydrogens (tertiary/aromatic N) is 3. The molecule has 6 heteroatoms. The van der Waals surface area contributed by atoms with E-state index >= 15 is 0 Å². The second kappa shape index (κ2) is 8.10. The van der Waals surface area contributed by atoms with Crippen molar-refractivity contribution in [1.82, 2.24) is 19.9 Å². The van der Waals surface area contributed by atoms with Crippen molar-refractivity contribution in [2.75, 3.05) is 6.54 Å². The van der Waals surface area contributed by atoms with Gasteiger partial charge in [0.25, 0.3) is 5.91 Å². The molecule has 0 spiro atoms. The summed E-state index contributed by atoms with van der Waals surface area (Å²) in [6.45, 7) is 2.83. The minimum atomic E-state index is -0.555. The van der Waals surface area contributed by atoms with Gasteiger partial charge in [-0.3, -0.25) is 9.78 Å². The van der Waals surface area contributed by atoms with Gasteiger partial charge in [0.05, 0.1) is 0 Å². The van der Waals surface area contributed by atoms with Gasteiger partial charge in [0.2, 0.25) is 0 Å². The molecule has 0 aliphatic carbocycles. The molecule has 0 saturated heterocycles. The summed E-state index contributed by atoms with van der Waals surface area (Å²) in [6, 6.07) is 15.0. The van der Waals surface area contributed by atoms with E-state index in [1.165, 1.54) is 0 Å². The average Bonchev–Trinajstić information content (AvgIpc) is 3.11. The zero-order valence-corrected chi connectivity index (χ0v) is 14.0. The second-order valence-corrected chi connectivity index (χ2v) is 5.52. The monoisotopic (exact) mass is 336 g/mol. The van der Waals surface area contributed by atoms with Crippen LogP contribution in [0.2, 0.25) is 0 Å². The Hall–Kier alpha value is -3.15. The number of ether oxygens (including phenoxy) is 1. The average molecular weight is 336 g/mol. The largest absolute Gasteiger partial charge is 0.481 e. The van der Waals surface area contributed by atoms with Crippen LogP contribution >= 0.6 is 0 Å². The standard InChI is InChI=1S/C19H20N4O2/c1-15(25-16-7-3-2-4-8-16)19(24)22-12-14-23-13-11-21-18(23)17-9-5-6-10-20-17/h2-11,13,15H,12,14H2,1H3,(H,22,24)/t15-/m1/s1. The van der Waals surface area contributed by atoms with Gasteiger partial charge in [0.15, 0.2) is 11.9 Å². The number of amides is 1. The number of carbonyl (C=O) groups is 1. The molecule has 128 valence electrons. The number of aromatic nitrogens is 3. The Morgan fingerprint density at radius 1 is 1.12 bits per heavy atom. The van der Waals surface area contributed by atoms with E-state index in [0.717, 1.165) is 11.5 Å². The van der Waals surface area contributed by atoms with Crippen LogP contribution in [0.1, 0.15) is 6.92 Å². The molecular formula is C19H20N4O2. The Morgan fingerprint density at radius 2 is 1.92 bits per heavy atom. The van der Waals surface area contributed by atoms with E-state index in [9.17, 15) is 4.79 Å². The summed E-state index contributed by atoms with van der Waals surface area (Å²) in [5.74, 6) is 1.31. The smallest absolute Gasteiger partial charge is 0.260 e. The van der Waals surface area contributed by atoms with E-state index in [1.54, 1.807) is 19.3 Å². The summed E-state index contributed by atoms with van der Waals surface area (Å²) < 4.78 is 7.58.